The van der Waals surface area contributed by atoms with E-state index in [2.05, 4.69) is 12.2 Å². The molecule has 1 aliphatic carbocycles. The number of nitrogen functional groups attached to an aromatic ring is 1. The molecule has 3 heteroatoms. The number of benzene rings is 1. The predicted octanol–water partition coefficient (Wildman–Crippen LogP) is 3.34. The molecular formula is C15H24N2O. The Morgan fingerprint density at radius 2 is 2.06 bits per heavy atom. The van der Waals surface area contributed by atoms with Crippen LogP contribution in [0, 0.1) is 6.92 Å². The minimum Gasteiger partial charge on any atom is -0.399 e. The van der Waals surface area contributed by atoms with Gasteiger partial charge in [0, 0.05) is 17.9 Å². The Kier molecular flexibility index (Phi) is 4.88. The first-order chi connectivity index (χ1) is 8.75. The van der Waals surface area contributed by atoms with Crippen molar-refractivity contribution in [2.75, 3.05) is 24.2 Å². The van der Waals surface area contributed by atoms with Gasteiger partial charge in [0.15, 0.2) is 0 Å². The third kappa shape index (κ3) is 3.91. The number of hydrogen-bond acceptors (Lipinski definition) is 3. The lowest BCUT2D eigenvalue weighted by atomic mass is 9.98. The van der Waals surface area contributed by atoms with E-state index in [0.717, 1.165) is 24.5 Å². The van der Waals surface area contributed by atoms with Gasteiger partial charge >= 0.3 is 0 Å². The molecule has 1 aromatic rings. The highest BCUT2D eigenvalue weighted by atomic mass is 16.5. The molecule has 1 saturated carbocycles. The lowest BCUT2D eigenvalue weighted by Crippen LogP contribution is -2.20. The monoisotopic (exact) mass is 248 g/mol. The third-order valence-electron chi connectivity index (χ3n) is 3.57. The maximum atomic E-state index is 5.88. The average Bonchev–Trinajstić information content (AvgIpc) is 2.38. The standard InChI is InChI=1S/C15H24N2O/c1-12-11-13(16)7-8-15(12)17-9-10-18-14-5-3-2-4-6-14/h7-8,11,14,17H,2-6,9-10,16H2,1H3. The van der Waals surface area contributed by atoms with Crippen molar-refractivity contribution in [3.63, 3.8) is 0 Å². The van der Waals surface area contributed by atoms with Crippen LogP contribution in [0.4, 0.5) is 11.4 Å². The summed E-state index contributed by atoms with van der Waals surface area (Å²) >= 11 is 0. The Labute approximate surface area is 110 Å². The molecule has 0 atom stereocenters. The normalized spacial score (nSPS) is 16.7. The highest BCUT2D eigenvalue weighted by molar-refractivity contribution is 5.57. The summed E-state index contributed by atoms with van der Waals surface area (Å²) in [7, 11) is 0. The van der Waals surface area contributed by atoms with Crippen LogP contribution in [0.3, 0.4) is 0 Å². The van der Waals surface area contributed by atoms with Crippen LogP contribution in [0.15, 0.2) is 18.2 Å². The topological polar surface area (TPSA) is 47.3 Å². The van der Waals surface area contributed by atoms with Crippen LogP contribution in [0.2, 0.25) is 0 Å². The molecule has 2 rings (SSSR count). The van der Waals surface area contributed by atoms with Crippen LogP contribution >= 0.6 is 0 Å². The summed E-state index contributed by atoms with van der Waals surface area (Å²) in [6, 6.07) is 5.95. The summed E-state index contributed by atoms with van der Waals surface area (Å²) in [6.07, 6.45) is 7.00. The Bertz CT molecular complexity index is 373. The van der Waals surface area contributed by atoms with E-state index in [4.69, 9.17) is 10.5 Å². The summed E-state index contributed by atoms with van der Waals surface area (Å²) in [6.45, 7) is 3.72. The van der Waals surface area contributed by atoms with Crippen molar-refractivity contribution >= 4 is 11.4 Å². The van der Waals surface area contributed by atoms with E-state index in [1.165, 1.54) is 37.7 Å². The molecule has 0 bridgehead atoms. The van der Waals surface area contributed by atoms with Gasteiger partial charge in [-0.25, -0.2) is 0 Å². The maximum Gasteiger partial charge on any atom is 0.0642 e. The number of rotatable bonds is 5. The number of ether oxygens (including phenoxy) is 1. The fourth-order valence-electron chi connectivity index (χ4n) is 2.53. The molecule has 18 heavy (non-hydrogen) atoms. The molecule has 0 heterocycles. The fraction of sp³-hybridized carbons (Fsp3) is 0.600. The maximum absolute atomic E-state index is 5.88. The summed E-state index contributed by atoms with van der Waals surface area (Å²) in [5.41, 5.74) is 8.88. The first-order valence-electron chi connectivity index (χ1n) is 6.97. The van der Waals surface area contributed by atoms with Gasteiger partial charge in [-0.15, -0.1) is 0 Å². The molecule has 1 fully saturated rings. The largest absolute Gasteiger partial charge is 0.399 e. The Morgan fingerprint density at radius 3 is 2.78 bits per heavy atom. The molecule has 0 radical (unpaired) electrons. The van der Waals surface area contributed by atoms with Gasteiger partial charge < -0.3 is 15.8 Å². The van der Waals surface area contributed by atoms with Crippen molar-refractivity contribution in [2.24, 2.45) is 0 Å². The number of nitrogens with two attached hydrogens (primary N) is 1. The van der Waals surface area contributed by atoms with Gasteiger partial charge in [0.25, 0.3) is 0 Å². The molecule has 3 N–H and O–H groups in total. The van der Waals surface area contributed by atoms with Gasteiger partial charge in [0.2, 0.25) is 0 Å². The van der Waals surface area contributed by atoms with Crippen LogP contribution in [0.25, 0.3) is 0 Å². The van der Waals surface area contributed by atoms with E-state index in [9.17, 15) is 0 Å². The molecule has 3 nitrogen and oxygen atoms in total. The van der Waals surface area contributed by atoms with Gasteiger partial charge in [-0.1, -0.05) is 19.3 Å². The van der Waals surface area contributed by atoms with Gasteiger partial charge in [-0.2, -0.15) is 0 Å². The van der Waals surface area contributed by atoms with E-state index in [1.807, 2.05) is 18.2 Å². The summed E-state index contributed by atoms with van der Waals surface area (Å²) in [4.78, 5) is 0. The second-order valence-electron chi connectivity index (χ2n) is 5.13. The first kappa shape index (κ1) is 13.2. The van der Waals surface area contributed by atoms with E-state index < -0.39 is 0 Å². The molecule has 0 aliphatic heterocycles. The second-order valence-corrected chi connectivity index (χ2v) is 5.13. The third-order valence-corrected chi connectivity index (χ3v) is 3.57. The second kappa shape index (κ2) is 6.64. The zero-order chi connectivity index (χ0) is 12.8. The number of anilines is 2. The van der Waals surface area contributed by atoms with Crippen molar-refractivity contribution in [3.8, 4) is 0 Å². The van der Waals surface area contributed by atoms with Crippen molar-refractivity contribution in [3.05, 3.63) is 23.8 Å². The molecule has 100 valence electrons. The van der Waals surface area contributed by atoms with E-state index in [0.29, 0.717) is 6.10 Å². The highest BCUT2D eigenvalue weighted by Gasteiger charge is 2.12. The van der Waals surface area contributed by atoms with Gasteiger partial charge in [-0.3, -0.25) is 0 Å². The Morgan fingerprint density at radius 1 is 1.28 bits per heavy atom. The quantitative estimate of drug-likeness (QED) is 0.620. The zero-order valence-electron chi connectivity index (χ0n) is 11.2. The highest BCUT2D eigenvalue weighted by Crippen LogP contribution is 2.20. The van der Waals surface area contributed by atoms with Gasteiger partial charge in [-0.05, 0) is 43.5 Å². The fourth-order valence-corrected chi connectivity index (χ4v) is 2.53. The number of aryl methyl sites for hydroxylation is 1. The molecule has 0 spiro atoms. The van der Waals surface area contributed by atoms with Gasteiger partial charge in [0.05, 0.1) is 12.7 Å². The number of hydrogen-bond donors (Lipinski definition) is 2. The molecule has 0 aromatic heterocycles. The summed E-state index contributed by atoms with van der Waals surface area (Å²) in [5.74, 6) is 0. The lowest BCUT2D eigenvalue weighted by molar-refractivity contribution is 0.0347. The minimum absolute atomic E-state index is 0.494. The summed E-state index contributed by atoms with van der Waals surface area (Å²) in [5, 5.41) is 3.40. The Balaban J connectivity index is 1.68. The SMILES string of the molecule is Cc1cc(N)ccc1NCCOC1CCCCC1. The van der Waals surface area contributed by atoms with Crippen LogP contribution < -0.4 is 11.1 Å². The minimum atomic E-state index is 0.494. The molecule has 0 amide bonds. The number of nitrogens with one attached hydrogen (secondary N) is 1. The molecule has 0 saturated heterocycles. The van der Waals surface area contributed by atoms with Crippen LogP contribution in [0.5, 0.6) is 0 Å². The molecule has 1 aliphatic rings. The zero-order valence-corrected chi connectivity index (χ0v) is 11.2. The van der Waals surface area contributed by atoms with E-state index in [-0.39, 0.29) is 0 Å². The van der Waals surface area contributed by atoms with Crippen LogP contribution in [-0.2, 0) is 4.74 Å². The van der Waals surface area contributed by atoms with Crippen molar-refractivity contribution in [1.82, 2.24) is 0 Å². The summed E-state index contributed by atoms with van der Waals surface area (Å²) < 4.78 is 5.88. The van der Waals surface area contributed by atoms with Gasteiger partial charge in [0.1, 0.15) is 0 Å². The van der Waals surface area contributed by atoms with E-state index in [1.54, 1.807) is 0 Å². The van der Waals surface area contributed by atoms with Crippen molar-refractivity contribution in [1.29, 1.82) is 0 Å². The van der Waals surface area contributed by atoms with E-state index >= 15 is 0 Å². The van der Waals surface area contributed by atoms with Crippen LogP contribution in [-0.4, -0.2) is 19.3 Å². The Hall–Kier alpha value is -1.22. The van der Waals surface area contributed by atoms with Crippen LogP contribution in [0.1, 0.15) is 37.7 Å². The van der Waals surface area contributed by atoms with Crippen molar-refractivity contribution in [2.45, 2.75) is 45.1 Å². The lowest BCUT2D eigenvalue weighted by Gasteiger charge is -2.22. The first-order valence-corrected chi connectivity index (χ1v) is 6.97. The molecular weight excluding hydrogens is 224 g/mol. The smallest absolute Gasteiger partial charge is 0.0642 e. The predicted molar refractivity (Wildman–Crippen MR) is 76.9 cm³/mol. The average molecular weight is 248 g/mol. The van der Waals surface area contributed by atoms with Crippen molar-refractivity contribution < 1.29 is 4.74 Å². The molecule has 0 unspecified atom stereocenters. The molecule has 1 aromatic carbocycles.